The second-order valence-electron chi connectivity index (χ2n) is 1.44. The summed E-state index contributed by atoms with van der Waals surface area (Å²) in [7, 11) is 0. The molecule has 0 aromatic carbocycles. The number of aromatic nitrogens is 4. The van der Waals surface area contributed by atoms with Gasteiger partial charge in [0.2, 0.25) is 5.82 Å². The zero-order valence-electron chi connectivity index (χ0n) is 4.35. The molecule has 9 heavy (non-hydrogen) atoms. The maximum absolute atomic E-state index is 4.67. The van der Waals surface area contributed by atoms with Gasteiger partial charge in [-0.25, -0.2) is 9.97 Å². The summed E-state index contributed by atoms with van der Waals surface area (Å²) in [5.74, 6) is 0.863. The van der Waals surface area contributed by atoms with Gasteiger partial charge in [-0.05, 0) is 0 Å². The van der Waals surface area contributed by atoms with Crippen LogP contribution in [0.5, 0.6) is 0 Å². The molecule has 2 aliphatic rings. The fraction of sp³-hybridized carbons (Fsp3) is 0. The summed E-state index contributed by atoms with van der Waals surface area (Å²) in [6, 6.07) is 0. The molecule has 2 heterocycles. The fourth-order valence-corrected chi connectivity index (χ4v) is 0.554. The second-order valence-corrected chi connectivity index (χ2v) is 1.44. The van der Waals surface area contributed by atoms with E-state index in [1.54, 1.807) is 0 Å². The topological polar surface area (TPSA) is 64.7 Å². The van der Waals surface area contributed by atoms with Crippen LogP contribution in [0.4, 0.5) is 0 Å². The Hall–Kier alpha value is -1.52. The van der Waals surface area contributed by atoms with Crippen molar-refractivity contribution < 1.29 is 4.52 Å². The van der Waals surface area contributed by atoms with Gasteiger partial charge in [0, 0.05) is 0 Å². The van der Waals surface area contributed by atoms with Crippen molar-refractivity contribution in [2.24, 2.45) is 0 Å². The molecule has 0 radical (unpaired) electrons. The van der Waals surface area contributed by atoms with Gasteiger partial charge in [-0.2, -0.15) is 4.98 Å². The molecule has 2 aliphatic heterocycles. The molecule has 0 spiro atoms. The molecule has 0 N–H and O–H groups in total. The number of hydrogen-bond donors (Lipinski definition) is 0. The van der Waals surface area contributed by atoms with Gasteiger partial charge in [-0.15, -0.1) is 0 Å². The number of nitrogens with zero attached hydrogens (tertiary/aromatic N) is 4. The molecule has 0 atom stereocenters. The third kappa shape index (κ3) is 0.543. The van der Waals surface area contributed by atoms with Crippen LogP contribution in [-0.2, 0) is 0 Å². The van der Waals surface area contributed by atoms with Crippen LogP contribution >= 0.6 is 0 Å². The Bertz CT molecular complexity index is 253. The lowest BCUT2D eigenvalue weighted by Crippen LogP contribution is -1.84. The van der Waals surface area contributed by atoms with E-state index in [1.165, 1.54) is 12.7 Å². The maximum atomic E-state index is 4.67. The van der Waals surface area contributed by atoms with Gasteiger partial charge in [0.15, 0.2) is 6.33 Å². The Labute approximate surface area is 50.1 Å². The van der Waals surface area contributed by atoms with Crippen LogP contribution in [0.15, 0.2) is 17.2 Å². The summed E-state index contributed by atoms with van der Waals surface area (Å²) in [4.78, 5) is 11.2. The van der Waals surface area contributed by atoms with Crippen LogP contribution < -0.4 is 0 Å². The molecule has 0 fully saturated rings. The predicted molar refractivity (Wildman–Crippen MR) is 26.5 cm³/mol. The van der Waals surface area contributed by atoms with Crippen LogP contribution in [0.25, 0.3) is 11.7 Å². The molecule has 0 bridgehead atoms. The number of hydrogen-bond acceptors (Lipinski definition) is 5. The average molecular weight is 122 g/mol. The Morgan fingerprint density at radius 3 is 2.89 bits per heavy atom. The van der Waals surface area contributed by atoms with Gasteiger partial charge < -0.3 is 4.52 Å². The zero-order chi connectivity index (χ0) is 6.10. The summed E-state index contributed by atoms with van der Waals surface area (Å²) in [6.45, 7) is 0. The minimum Gasteiger partial charge on any atom is -0.331 e. The molecule has 2 rings (SSSR count). The predicted octanol–water partition coefficient (Wildman–Crippen LogP) is -0.0356. The third-order valence-corrected chi connectivity index (χ3v) is 0.913. The van der Waals surface area contributed by atoms with E-state index in [-0.39, 0.29) is 0 Å². The number of imidazole rings is 1. The second kappa shape index (κ2) is 1.48. The monoisotopic (exact) mass is 122 g/mol. The van der Waals surface area contributed by atoms with E-state index in [0.717, 1.165) is 0 Å². The molecule has 0 aromatic rings. The van der Waals surface area contributed by atoms with Crippen molar-refractivity contribution in [1.82, 2.24) is 20.1 Å². The Balaban J connectivity index is 2.79. The van der Waals surface area contributed by atoms with E-state index in [4.69, 9.17) is 0 Å². The van der Waals surface area contributed by atoms with E-state index < -0.39 is 0 Å². The lowest BCUT2D eigenvalue weighted by atomic mass is 10.6. The molecule has 44 valence electrons. The lowest BCUT2D eigenvalue weighted by molar-refractivity contribution is 0.394. The van der Waals surface area contributed by atoms with Crippen molar-refractivity contribution in [1.29, 1.82) is 0 Å². The summed E-state index contributed by atoms with van der Waals surface area (Å²) in [6.07, 6.45) is 2.67. The fourth-order valence-electron chi connectivity index (χ4n) is 0.554. The SMILES string of the molecule is c1noc2ncnc-2n1. The smallest absolute Gasteiger partial charge is 0.295 e. The summed E-state index contributed by atoms with van der Waals surface area (Å²) in [5.41, 5.74) is 0. The van der Waals surface area contributed by atoms with E-state index in [2.05, 4.69) is 24.6 Å². The van der Waals surface area contributed by atoms with Crippen LogP contribution in [0.2, 0.25) is 0 Å². The Morgan fingerprint density at radius 2 is 2.00 bits per heavy atom. The van der Waals surface area contributed by atoms with Crippen molar-refractivity contribution in [2.45, 2.75) is 0 Å². The van der Waals surface area contributed by atoms with Crippen molar-refractivity contribution in [2.75, 3.05) is 0 Å². The first-order valence-corrected chi connectivity index (χ1v) is 2.34. The van der Waals surface area contributed by atoms with Crippen molar-refractivity contribution >= 4 is 0 Å². The molecule has 0 amide bonds. The molecule has 0 aromatic heterocycles. The minimum atomic E-state index is 0.373. The quantitative estimate of drug-likeness (QED) is 0.490. The standard InChI is InChI=1S/C4H2N4O/c1-5-3-4(7-1)9-8-2-6-3/h1-2H. The molecule has 0 aliphatic carbocycles. The van der Waals surface area contributed by atoms with E-state index >= 15 is 0 Å². The van der Waals surface area contributed by atoms with Crippen molar-refractivity contribution in [3.05, 3.63) is 12.7 Å². The largest absolute Gasteiger partial charge is 0.331 e. The van der Waals surface area contributed by atoms with Gasteiger partial charge in [-0.3, -0.25) is 0 Å². The van der Waals surface area contributed by atoms with Gasteiger partial charge in [0.25, 0.3) is 5.89 Å². The van der Waals surface area contributed by atoms with Gasteiger partial charge in [-0.1, -0.05) is 5.16 Å². The Morgan fingerprint density at radius 1 is 1.11 bits per heavy atom. The molecular formula is C4H2N4O. The minimum absolute atomic E-state index is 0.373. The Kier molecular flexibility index (Phi) is 0.717. The highest BCUT2D eigenvalue weighted by Gasteiger charge is 2.06. The number of fused-ring (bicyclic) bond motifs is 1. The molecule has 5 heteroatoms. The van der Waals surface area contributed by atoms with Crippen LogP contribution in [0.3, 0.4) is 0 Å². The first-order chi connectivity index (χ1) is 4.47. The van der Waals surface area contributed by atoms with Gasteiger partial charge in [0.1, 0.15) is 6.33 Å². The van der Waals surface area contributed by atoms with Crippen molar-refractivity contribution in [3.63, 3.8) is 0 Å². The first-order valence-electron chi connectivity index (χ1n) is 2.34. The van der Waals surface area contributed by atoms with E-state index in [1.807, 2.05) is 0 Å². The zero-order valence-corrected chi connectivity index (χ0v) is 4.35. The summed E-state index contributed by atoms with van der Waals surface area (Å²) in [5, 5.41) is 3.40. The normalized spacial score (nSPS) is 10.2. The highest BCUT2D eigenvalue weighted by Crippen LogP contribution is 2.08. The first kappa shape index (κ1) is 4.37. The van der Waals surface area contributed by atoms with Gasteiger partial charge in [0.05, 0.1) is 0 Å². The lowest BCUT2D eigenvalue weighted by Gasteiger charge is -1.85. The highest BCUT2D eigenvalue weighted by molar-refractivity contribution is 5.38. The van der Waals surface area contributed by atoms with Crippen LogP contribution in [-0.4, -0.2) is 20.1 Å². The summed E-state index contributed by atoms with van der Waals surface area (Å²) >= 11 is 0. The number of rotatable bonds is 0. The molecule has 0 unspecified atom stereocenters. The van der Waals surface area contributed by atoms with Crippen molar-refractivity contribution in [3.8, 4) is 11.7 Å². The molecular weight excluding hydrogens is 120 g/mol. The van der Waals surface area contributed by atoms with E-state index in [0.29, 0.717) is 11.7 Å². The third-order valence-electron chi connectivity index (χ3n) is 0.913. The van der Waals surface area contributed by atoms with Crippen LogP contribution in [0, 0.1) is 0 Å². The molecule has 0 saturated heterocycles. The van der Waals surface area contributed by atoms with E-state index in [9.17, 15) is 0 Å². The van der Waals surface area contributed by atoms with Crippen LogP contribution in [0.1, 0.15) is 0 Å². The summed E-state index contributed by atoms with van der Waals surface area (Å²) < 4.78 is 4.67. The highest BCUT2D eigenvalue weighted by atomic mass is 16.5. The maximum Gasteiger partial charge on any atom is 0.295 e. The van der Waals surface area contributed by atoms with Gasteiger partial charge >= 0.3 is 0 Å². The average Bonchev–Trinajstić information content (AvgIpc) is 2.33. The molecule has 5 nitrogen and oxygen atoms in total. The molecule has 0 saturated carbocycles.